The monoisotopic (exact) mass is 890 g/mol. The molecule has 0 aliphatic heterocycles. The first-order chi connectivity index (χ1) is 31.0. The number of ether oxygens (including phenoxy) is 1. The fourth-order valence-electron chi connectivity index (χ4n) is 9.02. The van der Waals surface area contributed by atoms with Gasteiger partial charge in [-0.3, -0.25) is 9.59 Å². The first-order valence-electron chi connectivity index (χ1n) is 28.4. The van der Waals surface area contributed by atoms with Crippen molar-refractivity contribution in [2.45, 2.75) is 334 Å². The van der Waals surface area contributed by atoms with Crippen LogP contribution in [-0.2, 0) is 14.3 Å². The Morgan fingerprint density at radius 2 is 0.762 bits per heavy atom. The molecule has 6 heteroatoms. The first-order valence-corrected chi connectivity index (χ1v) is 28.4. The highest BCUT2D eigenvalue weighted by molar-refractivity contribution is 5.77. The van der Waals surface area contributed by atoms with Crippen LogP contribution in [0.3, 0.4) is 0 Å². The molecule has 0 rings (SSSR count). The molecule has 3 atom stereocenters. The number of rotatable bonds is 52. The van der Waals surface area contributed by atoms with Crippen LogP contribution in [0.2, 0.25) is 0 Å². The van der Waals surface area contributed by atoms with Gasteiger partial charge >= 0.3 is 5.97 Å². The lowest BCUT2D eigenvalue weighted by molar-refractivity contribution is -0.151. The third kappa shape index (κ3) is 46.9. The van der Waals surface area contributed by atoms with Gasteiger partial charge in [0.2, 0.25) is 5.91 Å². The van der Waals surface area contributed by atoms with Crippen molar-refractivity contribution < 1.29 is 24.5 Å². The summed E-state index contributed by atoms with van der Waals surface area (Å²) < 4.78 is 5.95. The number of carbonyl (C=O) groups excluding carboxylic acids is 2. The van der Waals surface area contributed by atoms with E-state index >= 15 is 0 Å². The van der Waals surface area contributed by atoms with E-state index in [2.05, 4.69) is 38.2 Å². The number of unbranched alkanes of at least 4 members (excludes halogenated alkanes) is 38. The van der Waals surface area contributed by atoms with Gasteiger partial charge in [-0.15, -0.1) is 0 Å². The topological polar surface area (TPSA) is 95.9 Å². The van der Waals surface area contributed by atoms with Gasteiger partial charge in [0.15, 0.2) is 0 Å². The number of allylic oxidation sites excluding steroid dienone is 2. The van der Waals surface area contributed by atoms with Crippen LogP contribution in [0.5, 0.6) is 0 Å². The number of amides is 1. The molecule has 0 saturated heterocycles. The van der Waals surface area contributed by atoms with Crippen LogP contribution < -0.4 is 5.32 Å². The van der Waals surface area contributed by atoms with E-state index in [1.807, 2.05) is 0 Å². The Balaban J connectivity index is 4.55. The minimum atomic E-state index is -0.786. The van der Waals surface area contributed by atoms with Crippen LogP contribution in [0.4, 0.5) is 0 Å². The normalized spacial score (nSPS) is 13.2. The smallest absolute Gasteiger partial charge is 0.306 e. The van der Waals surface area contributed by atoms with E-state index in [4.69, 9.17) is 4.74 Å². The number of hydrogen-bond acceptors (Lipinski definition) is 5. The molecule has 63 heavy (non-hydrogen) atoms. The molecule has 0 bridgehead atoms. The number of esters is 1. The number of nitrogens with one attached hydrogen (secondary N) is 1. The Bertz CT molecular complexity index is 955. The highest BCUT2D eigenvalue weighted by Crippen LogP contribution is 2.19. The zero-order chi connectivity index (χ0) is 45.9. The molecule has 0 fully saturated rings. The molecular formula is C57H111NO5. The van der Waals surface area contributed by atoms with Crippen molar-refractivity contribution in [3.63, 3.8) is 0 Å². The summed E-state index contributed by atoms with van der Waals surface area (Å²) in [5.74, 6) is -0.467. The second-order valence-electron chi connectivity index (χ2n) is 19.7. The predicted octanol–water partition coefficient (Wildman–Crippen LogP) is 17.3. The van der Waals surface area contributed by atoms with Crippen LogP contribution in [-0.4, -0.2) is 46.9 Å². The standard InChI is InChI=1S/C57H111NO5/c1-4-7-10-13-16-19-22-25-27-29-31-33-36-39-42-45-48-53(63-57(62)50-47-44-41-38-35-32-28-26-23-20-17-14-11-8-5-2)51-56(61)58-54(52-59)55(60)49-46-43-40-37-34-30-24-21-18-15-12-9-6-3/h31,33,53-55,59-60H,4-30,32,34-52H2,1-3H3,(H,58,61)/b33-31+. The van der Waals surface area contributed by atoms with Crippen molar-refractivity contribution in [3.05, 3.63) is 12.2 Å². The predicted molar refractivity (Wildman–Crippen MR) is 273 cm³/mol. The maximum Gasteiger partial charge on any atom is 0.306 e. The summed E-state index contributed by atoms with van der Waals surface area (Å²) in [7, 11) is 0. The lowest BCUT2D eigenvalue weighted by Crippen LogP contribution is -2.46. The molecule has 1 amide bonds. The first kappa shape index (κ1) is 61.6. The fraction of sp³-hybridized carbons (Fsp3) is 0.930. The van der Waals surface area contributed by atoms with Crippen LogP contribution in [0.15, 0.2) is 12.2 Å². The molecular weight excluding hydrogens is 779 g/mol. The molecule has 0 aromatic heterocycles. The van der Waals surface area contributed by atoms with Gasteiger partial charge in [0.25, 0.3) is 0 Å². The summed E-state index contributed by atoms with van der Waals surface area (Å²) in [5.41, 5.74) is 0. The molecule has 0 saturated carbocycles. The summed E-state index contributed by atoms with van der Waals surface area (Å²) in [6.45, 7) is 6.52. The van der Waals surface area contributed by atoms with Crippen LogP contribution >= 0.6 is 0 Å². The zero-order valence-corrected chi connectivity index (χ0v) is 42.7. The SMILES string of the molecule is CCCCCCCCCCC/C=C/CCCCCC(CC(=O)NC(CO)C(O)CCCCCCCCCCCCCCC)OC(=O)CCCCCCCCCCCCCCCCC. The largest absolute Gasteiger partial charge is 0.462 e. The highest BCUT2D eigenvalue weighted by atomic mass is 16.5. The Kier molecular flexibility index (Phi) is 50.4. The summed E-state index contributed by atoms with van der Waals surface area (Å²) in [6.07, 6.45) is 58.5. The fourth-order valence-corrected chi connectivity index (χ4v) is 9.02. The molecule has 0 radical (unpaired) electrons. The van der Waals surface area contributed by atoms with E-state index in [0.29, 0.717) is 19.3 Å². The summed E-state index contributed by atoms with van der Waals surface area (Å²) in [6, 6.07) is -0.700. The quantitative estimate of drug-likeness (QED) is 0.0321. The Morgan fingerprint density at radius 3 is 1.14 bits per heavy atom. The number of aliphatic hydroxyl groups excluding tert-OH is 2. The lowest BCUT2D eigenvalue weighted by Gasteiger charge is -2.24. The highest BCUT2D eigenvalue weighted by Gasteiger charge is 2.24. The van der Waals surface area contributed by atoms with Gasteiger partial charge in [-0.05, 0) is 51.4 Å². The van der Waals surface area contributed by atoms with Gasteiger partial charge < -0.3 is 20.3 Å². The van der Waals surface area contributed by atoms with E-state index in [0.717, 1.165) is 57.8 Å². The Labute approximate surface area is 393 Å². The van der Waals surface area contributed by atoms with Gasteiger partial charge in [0.1, 0.15) is 6.10 Å². The van der Waals surface area contributed by atoms with Crippen molar-refractivity contribution in [1.82, 2.24) is 5.32 Å². The molecule has 3 N–H and O–H groups in total. The second-order valence-corrected chi connectivity index (χ2v) is 19.7. The number of carbonyl (C=O) groups is 2. The molecule has 0 aromatic carbocycles. The van der Waals surface area contributed by atoms with Crippen molar-refractivity contribution >= 4 is 11.9 Å². The maximum atomic E-state index is 13.2. The van der Waals surface area contributed by atoms with Crippen LogP contribution in [0.1, 0.15) is 316 Å². The molecule has 0 aliphatic carbocycles. The van der Waals surface area contributed by atoms with Gasteiger partial charge in [-0.2, -0.15) is 0 Å². The van der Waals surface area contributed by atoms with Crippen molar-refractivity contribution in [1.29, 1.82) is 0 Å². The second kappa shape index (κ2) is 51.6. The van der Waals surface area contributed by atoms with E-state index in [9.17, 15) is 19.8 Å². The molecule has 3 unspecified atom stereocenters. The lowest BCUT2D eigenvalue weighted by atomic mass is 10.0. The third-order valence-corrected chi connectivity index (χ3v) is 13.3. The van der Waals surface area contributed by atoms with Gasteiger partial charge in [0.05, 0.1) is 25.2 Å². The Morgan fingerprint density at radius 1 is 0.444 bits per heavy atom. The minimum absolute atomic E-state index is 0.0746. The van der Waals surface area contributed by atoms with Crippen molar-refractivity contribution in [2.75, 3.05) is 6.61 Å². The van der Waals surface area contributed by atoms with Crippen LogP contribution in [0, 0.1) is 0 Å². The average Bonchev–Trinajstić information content (AvgIpc) is 3.28. The van der Waals surface area contributed by atoms with E-state index < -0.39 is 18.2 Å². The van der Waals surface area contributed by atoms with Gasteiger partial charge in [-0.25, -0.2) is 0 Å². The number of hydrogen-bond donors (Lipinski definition) is 3. The maximum absolute atomic E-state index is 13.2. The third-order valence-electron chi connectivity index (χ3n) is 13.3. The van der Waals surface area contributed by atoms with Gasteiger partial charge in [0, 0.05) is 6.42 Å². The van der Waals surface area contributed by atoms with E-state index in [1.54, 1.807) is 0 Å². The molecule has 374 valence electrons. The van der Waals surface area contributed by atoms with Crippen molar-refractivity contribution in [3.8, 4) is 0 Å². The summed E-state index contributed by atoms with van der Waals surface area (Å²) in [4.78, 5) is 26.2. The van der Waals surface area contributed by atoms with E-state index in [1.165, 1.54) is 212 Å². The average molecular weight is 891 g/mol. The van der Waals surface area contributed by atoms with Gasteiger partial charge in [-0.1, -0.05) is 264 Å². The molecule has 0 aromatic rings. The molecule has 0 aliphatic rings. The minimum Gasteiger partial charge on any atom is -0.462 e. The molecule has 0 heterocycles. The van der Waals surface area contributed by atoms with E-state index in [-0.39, 0.29) is 24.9 Å². The molecule has 6 nitrogen and oxygen atoms in total. The van der Waals surface area contributed by atoms with Crippen LogP contribution in [0.25, 0.3) is 0 Å². The number of aliphatic hydroxyl groups is 2. The Hall–Kier alpha value is -1.40. The molecule has 0 spiro atoms. The van der Waals surface area contributed by atoms with Crippen molar-refractivity contribution in [2.24, 2.45) is 0 Å². The summed E-state index contributed by atoms with van der Waals surface area (Å²) in [5, 5.41) is 23.8. The summed E-state index contributed by atoms with van der Waals surface area (Å²) >= 11 is 0. The zero-order valence-electron chi connectivity index (χ0n) is 42.7.